The number of halogens is 4. The Hall–Kier alpha value is -3.66. The number of carbonyl (C=O) groups is 2. The summed E-state index contributed by atoms with van der Waals surface area (Å²) in [4.78, 5) is 27.6. The number of hydrogen-bond donors (Lipinski definition) is 1. The molecule has 34 heavy (non-hydrogen) atoms. The van der Waals surface area contributed by atoms with E-state index >= 15 is 0 Å². The van der Waals surface area contributed by atoms with E-state index in [2.05, 4.69) is 0 Å². The average molecular weight is 491 g/mol. The van der Waals surface area contributed by atoms with Gasteiger partial charge in [0.2, 0.25) is 0 Å². The SMILES string of the molecule is COc1ccc(F)cc1/C(O)=C1/C(=O)C(=O)N(c2cccc(C(F)(F)F)c2)C1c1sccc1C. The number of alkyl halides is 3. The van der Waals surface area contributed by atoms with Gasteiger partial charge in [-0.1, -0.05) is 6.07 Å². The molecule has 0 aliphatic carbocycles. The highest BCUT2D eigenvalue weighted by molar-refractivity contribution is 7.10. The summed E-state index contributed by atoms with van der Waals surface area (Å²) in [5.74, 6) is -3.60. The number of ketones is 1. The van der Waals surface area contributed by atoms with Gasteiger partial charge in [0.1, 0.15) is 23.4 Å². The van der Waals surface area contributed by atoms with Crippen LogP contribution in [0.25, 0.3) is 5.76 Å². The summed E-state index contributed by atoms with van der Waals surface area (Å²) in [6.07, 6.45) is -4.67. The quantitative estimate of drug-likeness (QED) is 0.215. The van der Waals surface area contributed by atoms with Crippen LogP contribution in [0.15, 0.2) is 59.5 Å². The first-order valence-electron chi connectivity index (χ1n) is 9.90. The maximum atomic E-state index is 14.0. The molecule has 1 amide bonds. The predicted octanol–water partition coefficient (Wildman–Crippen LogP) is 5.85. The van der Waals surface area contributed by atoms with Gasteiger partial charge in [0, 0.05) is 10.6 Å². The Balaban J connectivity index is 1.99. The summed E-state index contributed by atoms with van der Waals surface area (Å²) in [6, 6.07) is 7.81. The van der Waals surface area contributed by atoms with Crippen molar-refractivity contribution in [3.05, 3.63) is 86.9 Å². The molecule has 1 saturated heterocycles. The Labute approximate surface area is 195 Å². The summed E-state index contributed by atoms with van der Waals surface area (Å²) >= 11 is 1.17. The molecular formula is C24H17F4NO4S. The zero-order valence-electron chi connectivity index (χ0n) is 17.8. The standard InChI is InChI=1S/C24H17F4NO4S/c1-12-8-9-34-22(12)19-18(20(30)16-11-14(25)6-7-17(16)33-2)21(31)23(32)29(19)15-5-3-4-13(10-15)24(26,27)28/h3-11,19,30H,1-2H3/b20-18-. The zero-order valence-corrected chi connectivity index (χ0v) is 18.6. The molecule has 2 heterocycles. The van der Waals surface area contributed by atoms with Crippen molar-refractivity contribution in [1.82, 2.24) is 0 Å². The van der Waals surface area contributed by atoms with Crippen LogP contribution in [0, 0.1) is 12.7 Å². The lowest BCUT2D eigenvalue weighted by Gasteiger charge is -2.25. The summed E-state index contributed by atoms with van der Waals surface area (Å²) in [5.41, 5.74) is -1.05. The second kappa shape index (κ2) is 8.60. The summed E-state index contributed by atoms with van der Waals surface area (Å²) < 4.78 is 59.2. The maximum absolute atomic E-state index is 14.0. The van der Waals surface area contributed by atoms with Gasteiger partial charge in [-0.15, -0.1) is 11.3 Å². The van der Waals surface area contributed by atoms with Crippen LogP contribution in [-0.2, 0) is 15.8 Å². The Morgan fingerprint density at radius 2 is 1.85 bits per heavy atom. The van der Waals surface area contributed by atoms with Crippen molar-refractivity contribution in [2.75, 3.05) is 12.0 Å². The molecule has 0 radical (unpaired) electrons. The number of rotatable bonds is 4. The molecule has 1 fully saturated rings. The fraction of sp³-hybridized carbons (Fsp3) is 0.167. The predicted molar refractivity (Wildman–Crippen MR) is 118 cm³/mol. The van der Waals surface area contributed by atoms with E-state index in [1.165, 1.54) is 30.6 Å². The molecule has 1 aromatic heterocycles. The molecule has 1 aliphatic rings. The number of anilines is 1. The second-order valence-corrected chi connectivity index (χ2v) is 8.48. The number of Topliss-reactive ketones (excluding diaryl/α,β-unsaturated/α-hetero) is 1. The number of methoxy groups -OCH3 is 1. The Bertz CT molecular complexity index is 1330. The Kier molecular flexibility index (Phi) is 5.94. The Morgan fingerprint density at radius 3 is 2.47 bits per heavy atom. The van der Waals surface area contributed by atoms with E-state index in [0.29, 0.717) is 10.4 Å². The highest BCUT2D eigenvalue weighted by Gasteiger charge is 2.48. The fourth-order valence-electron chi connectivity index (χ4n) is 3.85. The second-order valence-electron chi connectivity index (χ2n) is 7.53. The van der Waals surface area contributed by atoms with Crippen molar-refractivity contribution in [3.63, 3.8) is 0 Å². The number of ether oxygens (including phenoxy) is 1. The summed E-state index contributed by atoms with van der Waals surface area (Å²) in [6.45, 7) is 1.71. The summed E-state index contributed by atoms with van der Waals surface area (Å²) in [5, 5.41) is 12.8. The van der Waals surface area contributed by atoms with Crippen LogP contribution in [0.5, 0.6) is 5.75 Å². The van der Waals surface area contributed by atoms with E-state index in [9.17, 15) is 32.3 Å². The molecule has 10 heteroatoms. The van der Waals surface area contributed by atoms with Crippen LogP contribution in [0.2, 0.25) is 0 Å². The van der Waals surface area contributed by atoms with E-state index in [0.717, 1.165) is 35.2 Å². The monoisotopic (exact) mass is 491 g/mol. The lowest BCUT2D eigenvalue weighted by atomic mass is 9.97. The van der Waals surface area contributed by atoms with Gasteiger partial charge >= 0.3 is 6.18 Å². The molecule has 176 valence electrons. The van der Waals surface area contributed by atoms with E-state index in [4.69, 9.17) is 4.74 Å². The van der Waals surface area contributed by atoms with Gasteiger partial charge < -0.3 is 9.84 Å². The number of aliphatic hydroxyl groups excluding tert-OH is 1. The normalized spacial score (nSPS) is 17.9. The third kappa shape index (κ3) is 3.94. The molecule has 1 N–H and O–H groups in total. The first-order valence-corrected chi connectivity index (χ1v) is 10.8. The van der Waals surface area contributed by atoms with Gasteiger partial charge in [0.05, 0.1) is 23.8 Å². The number of hydrogen-bond acceptors (Lipinski definition) is 5. The number of thiophene rings is 1. The molecule has 1 unspecified atom stereocenters. The van der Waals surface area contributed by atoms with Crippen molar-refractivity contribution >= 4 is 34.5 Å². The topological polar surface area (TPSA) is 66.8 Å². The van der Waals surface area contributed by atoms with Gasteiger partial charge in [0.25, 0.3) is 11.7 Å². The van der Waals surface area contributed by atoms with Crippen LogP contribution in [0.4, 0.5) is 23.2 Å². The first-order chi connectivity index (χ1) is 16.0. The molecule has 1 atom stereocenters. The van der Waals surface area contributed by atoms with Crippen molar-refractivity contribution in [1.29, 1.82) is 0 Å². The lowest BCUT2D eigenvalue weighted by molar-refractivity contribution is -0.137. The van der Waals surface area contributed by atoms with Crippen LogP contribution < -0.4 is 9.64 Å². The Morgan fingerprint density at radius 1 is 1.12 bits per heavy atom. The average Bonchev–Trinajstić information content (AvgIpc) is 3.33. The van der Waals surface area contributed by atoms with E-state index in [-0.39, 0.29) is 22.6 Å². The number of nitrogens with zero attached hydrogens (tertiary/aromatic N) is 1. The lowest BCUT2D eigenvalue weighted by Crippen LogP contribution is -2.29. The third-order valence-electron chi connectivity index (χ3n) is 5.46. The molecule has 5 nitrogen and oxygen atoms in total. The largest absolute Gasteiger partial charge is 0.507 e. The number of aliphatic hydroxyl groups is 1. The first kappa shape index (κ1) is 23.5. The van der Waals surface area contributed by atoms with Crippen molar-refractivity contribution in [3.8, 4) is 5.75 Å². The highest BCUT2D eigenvalue weighted by atomic mass is 32.1. The molecular weight excluding hydrogens is 474 g/mol. The minimum Gasteiger partial charge on any atom is -0.507 e. The highest BCUT2D eigenvalue weighted by Crippen LogP contribution is 2.46. The number of amides is 1. The molecule has 2 aromatic carbocycles. The number of carbonyl (C=O) groups excluding carboxylic acids is 2. The fourth-order valence-corrected chi connectivity index (χ4v) is 4.88. The molecule has 1 aliphatic heterocycles. The van der Waals surface area contributed by atoms with Crippen LogP contribution >= 0.6 is 11.3 Å². The van der Waals surface area contributed by atoms with Crippen molar-refractivity contribution in [2.45, 2.75) is 19.1 Å². The third-order valence-corrected chi connectivity index (χ3v) is 6.53. The maximum Gasteiger partial charge on any atom is 0.416 e. The summed E-state index contributed by atoms with van der Waals surface area (Å²) in [7, 11) is 1.28. The smallest absolute Gasteiger partial charge is 0.416 e. The minimum atomic E-state index is -4.67. The minimum absolute atomic E-state index is 0.0471. The van der Waals surface area contributed by atoms with Crippen molar-refractivity contribution in [2.24, 2.45) is 0 Å². The van der Waals surface area contributed by atoms with Gasteiger partial charge in [-0.2, -0.15) is 13.2 Å². The van der Waals surface area contributed by atoms with Gasteiger partial charge in [-0.25, -0.2) is 4.39 Å². The van der Waals surface area contributed by atoms with Gasteiger partial charge in [-0.3, -0.25) is 14.5 Å². The van der Waals surface area contributed by atoms with Crippen LogP contribution in [0.1, 0.15) is 27.6 Å². The number of aryl methyl sites for hydroxylation is 1. The van der Waals surface area contributed by atoms with Crippen LogP contribution in [0.3, 0.4) is 0 Å². The number of benzene rings is 2. The van der Waals surface area contributed by atoms with Crippen LogP contribution in [-0.4, -0.2) is 23.9 Å². The van der Waals surface area contributed by atoms with Gasteiger partial charge in [0.15, 0.2) is 0 Å². The molecule has 3 aromatic rings. The molecule has 0 bridgehead atoms. The molecule has 0 saturated carbocycles. The molecule has 0 spiro atoms. The van der Waals surface area contributed by atoms with E-state index < -0.39 is 41.0 Å². The zero-order chi connectivity index (χ0) is 24.8. The van der Waals surface area contributed by atoms with Gasteiger partial charge in [-0.05, 0) is 60.3 Å². The molecule has 4 rings (SSSR count). The van der Waals surface area contributed by atoms with Crippen molar-refractivity contribution < 1.29 is 37.0 Å². The van der Waals surface area contributed by atoms with E-state index in [1.54, 1.807) is 18.4 Å². The van der Waals surface area contributed by atoms with E-state index in [1.807, 2.05) is 0 Å².